The molecule has 0 bridgehead atoms. The van der Waals surface area contributed by atoms with Crippen molar-refractivity contribution in [2.24, 2.45) is 0 Å². The lowest BCUT2D eigenvalue weighted by atomic mass is 9.79. The molecule has 13 heavy (non-hydrogen) atoms. The zero-order chi connectivity index (χ0) is 9.84. The second-order valence-electron chi connectivity index (χ2n) is 2.61. The van der Waals surface area contributed by atoms with Crippen LogP contribution in [0.25, 0.3) is 0 Å². The molecule has 0 spiro atoms. The summed E-state index contributed by atoms with van der Waals surface area (Å²) in [5.74, 6) is 0.363. The molecule has 70 valence electrons. The molecule has 0 aliphatic carbocycles. The van der Waals surface area contributed by atoms with Gasteiger partial charge in [0, 0.05) is 5.46 Å². The Labute approximate surface area is 76.6 Å². The van der Waals surface area contributed by atoms with Crippen molar-refractivity contribution < 1.29 is 19.9 Å². The summed E-state index contributed by atoms with van der Waals surface area (Å²) < 4.78 is 4.92. The predicted octanol–water partition coefficient (Wildman–Crippen LogP) is -1.13. The van der Waals surface area contributed by atoms with Crippen molar-refractivity contribution in [3.8, 4) is 5.75 Å². The Morgan fingerprint density at radius 3 is 2.54 bits per heavy atom. The summed E-state index contributed by atoms with van der Waals surface area (Å²) in [7, 11) is -0.120. The minimum absolute atomic E-state index is 0.0990. The van der Waals surface area contributed by atoms with E-state index >= 15 is 0 Å². The molecule has 0 amide bonds. The molecule has 4 nitrogen and oxygen atoms in total. The van der Waals surface area contributed by atoms with Gasteiger partial charge >= 0.3 is 7.12 Å². The lowest BCUT2D eigenvalue weighted by molar-refractivity contribution is 0.281. The Hall–Kier alpha value is -1.04. The first-order chi connectivity index (χ1) is 6.19. The van der Waals surface area contributed by atoms with Crippen LogP contribution < -0.4 is 10.2 Å². The van der Waals surface area contributed by atoms with Gasteiger partial charge in [0.2, 0.25) is 0 Å². The third kappa shape index (κ3) is 2.21. The van der Waals surface area contributed by atoms with Crippen LogP contribution in [-0.4, -0.2) is 29.4 Å². The molecule has 0 unspecified atom stereocenters. The highest BCUT2D eigenvalue weighted by Crippen LogP contribution is 2.10. The molecule has 0 aliphatic rings. The molecule has 3 N–H and O–H groups in total. The maximum absolute atomic E-state index is 8.91. The zero-order valence-corrected chi connectivity index (χ0v) is 7.27. The summed E-state index contributed by atoms with van der Waals surface area (Å²) >= 11 is 0. The van der Waals surface area contributed by atoms with Crippen molar-refractivity contribution in [1.82, 2.24) is 0 Å². The number of aliphatic hydroxyl groups excluding tert-OH is 1. The van der Waals surface area contributed by atoms with Crippen molar-refractivity contribution in [2.45, 2.75) is 6.61 Å². The first-order valence-electron chi connectivity index (χ1n) is 3.83. The van der Waals surface area contributed by atoms with Crippen molar-refractivity contribution >= 4 is 12.6 Å². The molecule has 0 saturated heterocycles. The summed E-state index contributed by atoms with van der Waals surface area (Å²) in [5, 5.41) is 26.6. The Balaban J connectivity index is 3.08. The summed E-state index contributed by atoms with van der Waals surface area (Å²) in [4.78, 5) is 0. The van der Waals surface area contributed by atoms with Crippen LogP contribution in [0.5, 0.6) is 5.75 Å². The summed E-state index contributed by atoms with van der Waals surface area (Å²) in [6, 6.07) is 4.68. The second kappa shape index (κ2) is 4.27. The SMILES string of the molecule is COc1cc(CO)ccc1B(O)O. The van der Waals surface area contributed by atoms with Crippen LogP contribution >= 0.6 is 0 Å². The molecule has 0 saturated carbocycles. The molecule has 1 aromatic rings. The number of hydrogen-bond acceptors (Lipinski definition) is 4. The monoisotopic (exact) mass is 182 g/mol. The van der Waals surface area contributed by atoms with Gasteiger partial charge in [-0.3, -0.25) is 0 Å². The Morgan fingerprint density at radius 2 is 2.08 bits per heavy atom. The number of benzene rings is 1. The van der Waals surface area contributed by atoms with Crippen LogP contribution in [-0.2, 0) is 6.61 Å². The fourth-order valence-corrected chi connectivity index (χ4v) is 1.07. The highest BCUT2D eigenvalue weighted by atomic mass is 16.5. The molecule has 5 heteroatoms. The number of hydrogen-bond donors (Lipinski definition) is 3. The highest BCUT2D eigenvalue weighted by molar-refractivity contribution is 6.59. The van der Waals surface area contributed by atoms with Crippen molar-refractivity contribution in [2.75, 3.05) is 7.11 Å². The van der Waals surface area contributed by atoms with E-state index in [1.165, 1.54) is 13.2 Å². The zero-order valence-electron chi connectivity index (χ0n) is 7.27. The topological polar surface area (TPSA) is 69.9 Å². The summed E-state index contributed by atoms with van der Waals surface area (Å²) in [6.07, 6.45) is 0. The molecule has 1 rings (SSSR count). The predicted molar refractivity (Wildman–Crippen MR) is 48.7 cm³/mol. The van der Waals surface area contributed by atoms with Gasteiger partial charge in [-0.2, -0.15) is 0 Å². The van der Waals surface area contributed by atoms with Gasteiger partial charge in [-0.05, 0) is 11.6 Å². The van der Waals surface area contributed by atoms with E-state index in [-0.39, 0.29) is 6.61 Å². The normalized spacial score (nSPS) is 9.85. The van der Waals surface area contributed by atoms with Crippen molar-refractivity contribution in [3.63, 3.8) is 0 Å². The van der Waals surface area contributed by atoms with E-state index in [1.807, 2.05) is 0 Å². The number of methoxy groups -OCH3 is 1. The maximum atomic E-state index is 8.91. The van der Waals surface area contributed by atoms with Crippen LogP contribution in [0, 0.1) is 0 Å². The van der Waals surface area contributed by atoms with Crippen LogP contribution in [0.15, 0.2) is 18.2 Å². The molecule has 0 heterocycles. The largest absolute Gasteiger partial charge is 0.497 e. The van der Waals surface area contributed by atoms with Crippen LogP contribution in [0.3, 0.4) is 0 Å². The van der Waals surface area contributed by atoms with Gasteiger partial charge in [-0.1, -0.05) is 12.1 Å². The molecular weight excluding hydrogens is 171 g/mol. The van der Waals surface area contributed by atoms with Crippen molar-refractivity contribution in [3.05, 3.63) is 23.8 Å². The van der Waals surface area contributed by atoms with E-state index in [1.54, 1.807) is 12.1 Å². The summed E-state index contributed by atoms with van der Waals surface area (Å²) in [6.45, 7) is -0.0990. The van der Waals surface area contributed by atoms with Gasteiger partial charge in [0.1, 0.15) is 5.75 Å². The number of ether oxygens (including phenoxy) is 1. The average molecular weight is 182 g/mol. The quantitative estimate of drug-likeness (QED) is 0.517. The van der Waals surface area contributed by atoms with E-state index < -0.39 is 7.12 Å². The minimum Gasteiger partial charge on any atom is -0.497 e. The van der Waals surface area contributed by atoms with Crippen LogP contribution in [0.4, 0.5) is 0 Å². The molecule has 0 aromatic heterocycles. The lowest BCUT2D eigenvalue weighted by Crippen LogP contribution is -2.31. The third-order valence-electron chi connectivity index (χ3n) is 1.76. The van der Waals surface area contributed by atoms with Gasteiger partial charge in [0.25, 0.3) is 0 Å². The fraction of sp³-hybridized carbons (Fsp3) is 0.250. The maximum Gasteiger partial charge on any atom is 0.492 e. The standard InChI is InChI=1S/C8H11BO4/c1-13-8-4-6(5-10)2-3-7(8)9(11)12/h2-4,10-12H,5H2,1H3. The minimum atomic E-state index is -1.55. The first kappa shape index (κ1) is 10.0. The van der Waals surface area contributed by atoms with Crippen LogP contribution in [0.1, 0.15) is 5.56 Å². The third-order valence-corrected chi connectivity index (χ3v) is 1.76. The molecule has 0 aliphatic heterocycles. The number of aliphatic hydroxyl groups is 1. The van der Waals surface area contributed by atoms with E-state index in [0.717, 1.165) is 0 Å². The average Bonchev–Trinajstić information content (AvgIpc) is 2.16. The van der Waals surface area contributed by atoms with Crippen LogP contribution in [0.2, 0.25) is 0 Å². The molecule has 0 radical (unpaired) electrons. The second-order valence-corrected chi connectivity index (χ2v) is 2.61. The van der Waals surface area contributed by atoms with E-state index in [0.29, 0.717) is 16.8 Å². The van der Waals surface area contributed by atoms with Gasteiger partial charge in [0.05, 0.1) is 13.7 Å². The van der Waals surface area contributed by atoms with E-state index in [4.69, 9.17) is 19.9 Å². The molecule has 0 atom stereocenters. The summed E-state index contributed by atoms with van der Waals surface area (Å²) in [5.41, 5.74) is 0.959. The van der Waals surface area contributed by atoms with E-state index in [2.05, 4.69) is 0 Å². The van der Waals surface area contributed by atoms with E-state index in [9.17, 15) is 0 Å². The van der Waals surface area contributed by atoms with Gasteiger partial charge < -0.3 is 19.9 Å². The Bertz CT molecular complexity index is 287. The molecule has 0 fully saturated rings. The van der Waals surface area contributed by atoms with Gasteiger partial charge in [-0.25, -0.2) is 0 Å². The lowest BCUT2D eigenvalue weighted by Gasteiger charge is -2.08. The molecule has 1 aromatic carbocycles. The number of rotatable bonds is 3. The van der Waals surface area contributed by atoms with Gasteiger partial charge in [-0.15, -0.1) is 0 Å². The Morgan fingerprint density at radius 1 is 1.38 bits per heavy atom. The Kier molecular flexibility index (Phi) is 3.30. The van der Waals surface area contributed by atoms with Gasteiger partial charge in [0.15, 0.2) is 0 Å². The molecular formula is C8H11BO4. The van der Waals surface area contributed by atoms with Crippen molar-refractivity contribution in [1.29, 1.82) is 0 Å². The fourth-order valence-electron chi connectivity index (χ4n) is 1.07. The first-order valence-corrected chi connectivity index (χ1v) is 3.83. The smallest absolute Gasteiger partial charge is 0.492 e. The highest BCUT2D eigenvalue weighted by Gasteiger charge is 2.16.